The van der Waals surface area contributed by atoms with Gasteiger partial charge < -0.3 is 10.6 Å². The quantitative estimate of drug-likeness (QED) is 0.868. The van der Waals surface area contributed by atoms with Crippen LogP contribution in [-0.4, -0.2) is 12.5 Å². The molecule has 0 heterocycles. The first-order chi connectivity index (χ1) is 10.0. The predicted molar refractivity (Wildman–Crippen MR) is 84.3 cm³/mol. The van der Waals surface area contributed by atoms with Crippen molar-refractivity contribution >= 4 is 28.9 Å². The van der Waals surface area contributed by atoms with E-state index in [1.54, 1.807) is 6.07 Å². The van der Waals surface area contributed by atoms with Gasteiger partial charge in [-0.3, -0.25) is 4.79 Å². The number of hydrogen-bond donors (Lipinski definition) is 2. The van der Waals surface area contributed by atoms with Gasteiger partial charge in [0.15, 0.2) is 0 Å². The summed E-state index contributed by atoms with van der Waals surface area (Å²) in [4.78, 5) is 11.8. The lowest BCUT2D eigenvalue weighted by Crippen LogP contribution is -2.16. The van der Waals surface area contributed by atoms with Crippen LogP contribution in [-0.2, 0) is 4.79 Å². The number of rotatable bonds is 5. The molecule has 0 aliphatic rings. The molecule has 2 rings (SSSR count). The number of amides is 1. The minimum absolute atomic E-state index is 0.124. The fourth-order valence-electron chi connectivity index (χ4n) is 1.89. The monoisotopic (exact) mass is 306 g/mol. The Morgan fingerprint density at radius 2 is 1.90 bits per heavy atom. The lowest BCUT2D eigenvalue weighted by Gasteiger charge is -2.10. The van der Waals surface area contributed by atoms with E-state index in [9.17, 15) is 9.18 Å². The molecule has 0 aromatic heterocycles. The van der Waals surface area contributed by atoms with E-state index in [1.807, 2.05) is 19.1 Å². The summed E-state index contributed by atoms with van der Waals surface area (Å²) < 4.78 is 12.7. The van der Waals surface area contributed by atoms with Gasteiger partial charge in [0, 0.05) is 29.4 Å². The molecule has 21 heavy (non-hydrogen) atoms. The van der Waals surface area contributed by atoms with Crippen molar-refractivity contribution in [3.8, 4) is 0 Å². The van der Waals surface area contributed by atoms with Gasteiger partial charge in [0.05, 0.1) is 0 Å². The molecular formula is C16H16ClFN2O. The first-order valence-corrected chi connectivity index (χ1v) is 6.98. The van der Waals surface area contributed by atoms with Gasteiger partial charge in [-0.25, -0.2) is 4.39 Å². The molecule has 2 aromatic rings. The van der Waals surface area contributed by atoms with Crippen molar-refractivity contribution in [3.63, 3.8) is 0 Å². The summed E-state index contributed by atoms with van der Waals surface area (Å²) in [6, 6.07) is 11.2. The van der Waals surface area contributed by atoms with Crippen molar-refractivity contribution in [1.82, 2.24) is 0 Å². The zero-order valence-electron chi connectivity index (χ0n) is 11.6. The Hall–Kier alpha value is -2.07. The van der Waals surface area contributed by atoms with Crippen molar-refractivity contribution in [3.05, 3.63) is 58.9 Å². The van der Waals surface area contributed by atoms with E-state index < -0.39 is 0 Å². The molecule has 0 bridgehead atoms. The zero-order valence-corrected chi connectivity index (χ0v) is 12.4. The molecule has 0 aliphatic heterocycles. The van der Waals surface area contributed by atoms with Crippen LogP contribution in [0.1, 0.15) is 12.0 Å². The maximum atomic E-state index is 12.7. The van der Waals surface area contributed by atoms with Crippen LogP contribution in [0, 0.1) is 12.7 Å². The Morgan fingerprint density at radius 3 is 2.57 bits per heavy atom. The second-order valence-corrected chi connectivity index (χ2v) is 5.13. The number of carbonyl (C=O) groups excluding carboxylic acids is 1. The van der Waals surface area contributed by atoms with E-state index in [2.05, 4.69) is 10.6 Å². The van der Waals surface area contributed by atoms with Crippen LogP contribution in [0.25, 0.3) is 0 Å². The molecule has 1 amide bonds. The van der Waals surface area contributed by atoms with Gasteiger partial charge in [0.25, 0.3) is 0 Å². The molecule has 0 spiro atoms. The largest absolute Gasteiger partial charge is 0.384 e. The number of anilines is 2. The van der Waals surface area contributed by atoms with Gasteiger partial charge in [-0.15, -0.1) is 0 Å². The lowest BCUT2D eigenvalue weighted by atomic mass is 10.2. The molecule has 5 heteroatoms. The van der Waals surface area contributed by atoms with Crippen LogP contribution in [0.3, 0.4) is 0 Å². The molecule has 2 aromatic carbocycles. The maximum Gasteiger partial charge on any atom is 0.226 e. The van der Waals surface area contributed by atoms with Crippen molar-refractivity contribution in [2.24, 2.45) is 0 Å². The number of benzene rings is 2. The van der Waals surface area contributed by atoms with Crippen molar-refractivity contribution in [2.45, 2.75) is 13.3 Å². The van der Waals surface area contributed by atoms with Crippen LogP contribution in [0.15, 0.2) is 42.5 Å². The van der Waals surface area contributed by atoms with E-state index in [4.69, 9.17) is 11.6 Å². The Kier molecular flexibility index (Phi) is 5.17. The average Bonchev–Trinajstić information content (AvgIpc) is 2.44. The molecule has 0 saturated carbocycles. The van der Waals surface area contributed by atoms with Gasteiger partial charge >= 0.3 is 0 Å². The van der Waals surface area contributed by atoms with E-state index >= 15 is 0 Å². The standard InChI is InChI=1S/C16H16ClFN2O/c1-11-10-12(17)2-7-15(11)19-9-8-16(21)20-14-5-3-13(18)4-6-14/h2-7,10,19H,8-9H2,1H3,(H,20,21). The topological polar surface area (TPSA) is 41.1 Å². The maximum absolute atomic E-state index is 12.7. The highest BCUT2D eigenvalue weighted by Gasteiger charge is 2.04. The highest BCUT2D eigenvalue weighted by molar-refractivity contribution is 6.30. The highest BCUT2D eigenvalue weighted by Crippen LogP contribution is 2.19. The Labute approximate surface area is 128 Å². The first-order valence-electron chi connectivity index (χ1n) is 6.60. The lowest BCUT2D eigenvalue weighted by molar-refractivity contribution is -0.115. The number of nitrogens with one attached hydrogen (secondary N) is 2. The summed E-state index contributed by atoms with van der Waals surface area (Å²) in [7, 11) is 0. The minimum Gasteiger partial charge on any atom is -0.384 e. The minimum atomic E-state index is -0.326. The number of hydrogen-bond acceptors (Lipinski definition) is 2. The van der Waals surface area contributed by atoms with Crippen molar-refractivity contribution in [1.29, 1.82) is 0 Å². The van der Waals surface area contributed by atoms with E-state index in [1.165, 1.54) is 24.3 Å². The third-order valence-corrected chi connectivity index (χ3v) is 3.22. The molecular weight excluding hydrogens is 291 g/mol. The molecule has 3 nitrogen and oxygen atoms in total. The molecule has 0 radical (unpaired) electrons. The van der Waals surface area contributed by atoms with Gasteiger partial charge in [-0.05, 0) is 55.0 Å². The zero-order chi connectivity index (χ0) is 15.2. The predicted octanol–water partition coefficient (Wildman–Crippen LogP) is 4.23. The van der Waals surface area contributed by atoms with E-state index in [-0.39, 0.29) is 11.7 Å². The fraction of sp³-hybridized carbons (Fsp3) is 0.188. The molecule has 0 saturated heterocycles. The summed E-state index contributed by atoms with van der Waals surface area (Å²) in [5.74, 6) is -0.450. The average molecular weight is 307 g/mol. The van der Waals surface area contributed by atoms with Crippen LogP contribution in [0.4, 0.5) is 15.8 Å². The van der Waals surface area contributed by atoms with Crippen LogP contribution >= 0.6 is 11.6 Å². The van der Waals surface area contributed by atoms with E-state index in [0.717, 1.165) is 11.3 Å². The summed E-state index contributed by atoms with van der Waals surface area (Å²) >= 11 is 5.88. The first kappa shape index (κ1) is 15.3. The number of carbonyl (C=O) groups is 1. The molecule has 0 unspecified atom stereocenters. The second kappa shape index (κ2) is 7.09. The Balaban J connectivity index is 1.80. The molecule has 0 fully saturated rings. The summed E-state index contributed by atoms with van der Waals surface area (Å²) in [5, 5.41) is 6.59. The Bertz CT molecular complexity index is 629. The number of aryl methyl sites for hydroxylation is 1. The fourth-order valence-corrected chi connectivity index (χ4v) is 2.12. The molecule has 0 aliphatic carbocycles. The van der Waals surface area contributed by atoms with Crippen LogP contribution in [0.5, 0.6) is 0 Å². The van der Waals surface area contributed by atoms with Gasteiger partial charge in [0.2, 0.25) is 5.91 Å². The van der Waals surface area contributed by atoms with Crippen molar-refractivity contribution < 1.29 is 9.18 Å². The normalized spacial score (nSPS) is 10.2. The molecule has 2 N–H and O–H groups in total. The Morgan fingerprint density at radius 1 is 1.19 bits per heavy atom. The SMILES string of the molecule is Cc1cc(Cl)ccc1NCCC(=O)Nc1ccc(F)cc1. The number of halogens is 2. The third-order valence-electron chi connectivity index (χ3n) is 2.98. The summed E-state index contributed by atoms with van der Waals surface area (Å²) in [5.41, 5.74) is 2.57. The van der Waals surface area contributed by atoms with Gasteiger partial charge in [-0.1, -0.05) is 11.6 Å². The van der Waals surface area contributed by atoms with Crippen LogP contribution < -0.4 is 10.6 Å². The summed E-state index contributed by atoms with van der Waals surface area (Å²) in [6.45, 7) is 2.46. The van der Waals surface area contributed by atoms with Gasteiger partial charge in [-0.2, -0.15) is 0 Å². The highest BCUT2D eigenvalue weighted by atomic mass is 35.5. The van der Waals surface area contributed by atoms with Gasteiger partial charge in [0.1, 0.15) is 5.82 Å². The molecule has 0 atom stereocenters. The smallest absolute Gasteiger partial charge is 0.226 e. The summed E-state index contributed by atoms with van der Waals surface area (Å²) in [6.07, 6.45) is 0.319. The van der Waals surface area contributed by atoms with Crippen molar-refractivity contribution in [2.75, 3.05) is 17.2 Å². The van der Waals surface area contributed by atoms with E-state index in [0.29, 0.717) is 23.7 Å². The third kappa shape index (κ3) is 4.76. The molecule has 110 valence electrons. The van der Waals surface area contributed by atoms with Crippen LogP contribution in [0.2, 0.25) is 5.02 Å². The second-order valence-electron chi connectivity index (χ2n) is 4.69.